The molecule has 0 radical (unpaired) electrons. The van der Waals surface area contributed by atoms with Gasteiger partial charge in [0, 0.05) is 0 Å². The maximum Gasteiger partial charge on any atom is 0.472 e. The van der Waals surface area contributed by atoms with Crippen molar-refractivity contribution in [1.29, 1.82) is 0 Å². The summed E-state index contributed by atoms with van der Waals surface area (Å²) in [4.78, 5) is 23.4. The Labute approximate surface area is 368 Å². The van der Waals surface area contributed by atoms with Gasteiger partial charge < -0.3 is 46.0 Å². The average Bonchev–Trinajstić information content (AvgIpc) is 3.23. The number of phosphoric ester groups is 1. The van der Waals surface area contributed by atoms with Crippen molar-refractivity contribution < 1.29 is 59.0 Å². The minimum Gasteiger partial charge on any atom is -0.393 e. The highest BCUT2D eigenvalue weighted by Crippen LogP contribution is 2.47. The SMILES string of the molecule is CCCCCCCCC/C=C/CC/C=C/C(O)C(COP(=O)(O)OC1C(O)C(O)C(O)C(O)C1O)NC(=O)CC(O)CCCCCCC/C=C\CCCCCCCCCCC. The number of allylic oxidation sites excluding steroid dienone is 5. The Hall–Kier alpha value is -1.48. The molecule has 8 atom stereocenters. The lowest BCUT2D eigenvalue weighted by atomic mass is 9.85. The second-order valence-electron chi connectivity index (χ2n) is 17.1. The second-order valence-corrected chi connectivity index (χ2v) is 18.5. The van der Waals surface area contributed by atoms with Gasteiger partial charge in [0.2, 0.25) is 5.91 Å². The molecule has 1 rings (SSSR count). The maximum atomic E-state index is 13.0. The van der Waals surface area contributed by atoms with Crippen LogP contribution in [0.3, 0.4) is 0 Å². The summed E-state index contributed by atoms with van der Waals surface area (Å²) in [5.41, 5.74) is 0. The molecule has 0 aliphatic heterocycles. The molecule has 0 bridgehead atoms. The third-order valence-electron chi connectivity index (χ3n) is 11.4. The number of aliphatic hydroxyl groups excluding tert-OH is 7. The van der Waals surface area contributed by atoms with Crippen molar-refractivity contribution in [2.75, 3.05) is 6.61 Å². The standard InChI is InChI=1S/C47H88NO12P/c1-3-5-7-9-11-13-15-17-18-19-20-21-23-24-26-28-30-32-34-38(49)36-41(51)48-39(40(50)35-33-31-29-27-25-22-16-14-12-10-8-6-4-2)37-59-61(57,58)60-47-45(55)43(53)42(52)44(54)46(47)56/h20-21,25,27,33,35,38-40,42-47,49-50,52-56H,3-19,22-24,26,28-32,34,36-37H2,1-2H3,(H,48,51)(H,57,58)/b21-20-,27-25+,35-33+. The Kier molecular flexibility index (Phi) is 34.7. The van der Waals surface area contributed by atoms with Crippen LogP contribution in [0.2, 0.25) is 0 Å². The molecular weight excluding hydrogens is 801 g/mol. The number of aliphatic hydroxyl groups is 7. The Morgan fingerprint density at radius 3 is 1.44 bits per heavy atom. The van der Waals surface area contributed by atoms with Gasteiger partial charge in [0.05, 0.1) is 31.3 Å². The normalized spacial score (nSPS) is 23.5. The monoisotopic (exact) mass is 890 g/mol. The number of carbonyl (C=O) groups excluding carboxylic acids is 1. The van der Waals surface area contributed by atoms with Crippen molar-refractivity contribution in [2.45, 2.75) is 249 Å². The number of hydrogen-bond donors (Lipinski definition) is 9. The van der Waals surface area contributed by atoms with Gasteiger partial charge in [-0.2, -0.15) is 0 Å². The number of unbranched alkanes of at least 4 members (excludes halogenated alkanes) is 22. The van der Waals surface area contributed by atoms with Gasteiger partial charge >= 0.3 is 7.82 Å². The van der Waals surface area contributed by atoms with Gasteiger partial charge in [0.25, 0.3) is 0 Å². The van der Waals surface area contributed by atoms with Crippen LogP contribution in [0.25, 0.3) is 0 Å². The van der Waals surface area contributed by atoms with Gasteiger partial charge in [-0.15, -0.1) is 0 Å². The molecule has 14 heteroatoms. The van der Waals surface area contributed by atoms with Crippen LogP contribution in [0.5, 0.6) is 0 Å². The van der Waals surface area contributed by atoms with E-state index in [2.05, 4.69) is 43.5 Å². The first kappa shape index (κ1) is 57.5. The lowest BCUT2D eigenvalue weighted by molar-refractivity contribution is -0.220. The fourth-order valence-corrected chi connectivity index (χ4v) is 8.45. The van der Waals surface area contributed by atoms with E-state index in [4.69, 9.17) is 9.05 Å². The first-order chi connectivity index (χ1) is 29.3. The van der Waals surface area contributed by atoms with Crippen LogP contribution in [-0.4, -0.2) is 108 Å². The molecule has 13 nitrogen and oxygen atoms in total. The summed E-state index contributed by atoms with van der Waals surface area (Å²) >= 11 is 0. The summed E-state index contributed by atoms with van der Waals surface area (Å²) in [6.07, 6.45) is 28.1. The molecule has 0 spiro atoms. The second kappa shape index (κ2) is 36.8. The third kappa shape index (κ3) is 28.8. The quantitative estimate of drug-likeness (QED) is 0.0162. The predicted molar refractivity (Wildman–Crippen MR) is 243 cm³/mol. The zero-order valence-corrected chi connectivity index (χ0v) is 38.7. The Bertz CT molecular complexity index is 1190. The smallest absolute Gasteiger partial charge is 0.393 e. The van der Waals surface area contributed by atoms with E-state index in [1.54, 1.807) is 6.08 Å². The minimum atomic E-state index is -5.15. The molecular formula is C47H88NO12P. The Balaban J connectivity index is 2.53. The van der Waals surface area contributed by atoms with Crippen LogP contribution >= 0.6 is 7.82 Å². The highest BCUT2D eigenvalue weighted by Gasteiger charge is 2.51. The fraction of sp³-hybridized carbons (Fsp3) is 0.851. The van der Waals surface area contributed by atoms with Crippen LogP contribution in [0, 0.1) is 0 Å². The molecule has 1 aliphatic carbocycles. The van der Waals surface area contributed by atoms with Gasteiger partial charge in [-0.1, -0.05) is 166 Å². The molecule has 1 saturated carbocycles. The van der Waals surface area contributed by atoms with Gasteiger partial charge in [0.1, 0.15) is 36.6 Å². The van der Waals surface area contributed by atoms with E-state index in [0.29, 0.717) is 12.8 Å². The summed E-state index contributed by atoms with van der Waals surface area (Å²) in [6, 6.07) is -1.26. The molecule has 0 aromatic heterocycles. The zero-order chi connectivity index (χ0) is 45.1. The number of nitrogens with one attached hydrogen (secondary N) is 1. The van der Waals surface area contributed by atoms with Crippen LogP contribution in [-0.2, 0) is 18.4 Å². The molecule has 358 valence electrons. The largest absolute Gasteiger partial charge is 0.472 e. The van der Waals surface area contributed by atoms with Crippen molar-refractivity contribution in [1.82, 2.24) is 5.32 Å². The highest BCUT2D eigenvalue weighted by molar-refractivity contribution is 7.47. The lowest BCUT2D eigenvalue weighted by Crippen LogP contribution is -2.64. The molecule has 0 saturated heterocycles. The molecule has 1 aliphatic rings. The van der Waals surface area contributed by atoms with Crippen LogP contribution in [0.4, 0.5) is 0 Å². The molecule has 1 fully saturated rings. The molecule has 8 unspecified atom stereocenters. The number of carbonyl (C=O) groups is 1. The van der Waals surface area contributed by atoms with Crippen molar-refractivity contribution >= 4 is 13.7 Å². The average molecular weight is 890 g/mol. The van der Waals surface area contributed by atoms with Gasteiger partial charge in [0.15, 0.2) is 0 Å². The van der Waals surface area contributed by atoms with E-state index in [-0.39, 0.29) is 6.42 Å². The summed E-state index contributed by atoms with van der Waals surface area (Å²) < 4.78 is 22.8. The number of rotatable bonds is 39. The van der Waals surface area contributed by atoms with E-state index < -0.39 is 75.2 Å². The van der Waals surface area contributed by atoms with E-state index in [1.807, 2.05) is 0 Å². The molecule has 1 amide bonds. The van der Waals surface area contributed by atoms with Crippen LogP contribution in [0.1, 0.15) is 194 Å². The molecule has 0 aromatic rings. The third-order valence-corrected chi connectivity index (χ3v) is 12.4. The Morgan fingerprint density at radius 1 is 0.574 bits per heavy atom. The van der Waals surface area contributed by atoms with Crippen molar-refractivity contribution in [2.24, 2.45) is 0 Å². The highest BCUT2D eigenvalue weighted by atomic mass is 31.2. The van der Waals surface area contributed by atoms with Gasteiger partial charge in [-0.05, 0) is 57.8 Å². The summed E-state index contributed by atoms with van der Waals surface area (Å²) in [6.45, 7) is 3.71. The van der Waals surface area contributed by atoms with E-state index >= 15 is 0 Å². The first-order valence-corrected chi connectivity index (χ1v) is 25.5. The zero-order valence-electron chi connectivity index (χ0n) is 37.8. The predicted octanol–water partition coefficient (Wildman–Crippen LogP) is 8.14. The minimum absolute atomic E-state index is 0.258. The van der Waals surface area contributed by atoms with Crippen LogP contribution in [0.15, 0.2) is 36.5 Å². The lowest BCUT2D eigenvalue weighted by Gasteiger charge is -2.41. The molecule has 0 heterocycles. The topological polar surface area (TPSA) is 226 Å². The molecule has 61 heavy (non-hydrogen) atoms. The van der Waals surface area contributed by atoms with Gasteiger partial charge in [-0.25, -0.2) is 4.57 Å². The number of hydrogen-bond acceptors (Lipinski definition) is 11. The summed E-state index contributed by atoms with van der Waals surface area (Å²) in [7, 11) is -5.15. The Morgan fingerprint density at radius 2 is 0.967 bits per heavy atom. The van der Waals surface area contributed by atoms with Gasteiger partial charge in [-0.3, -0.25) is 13.8 Å². The number of phosphoric acid groups is 1. The fourth-order valence-electron chi connectivity index (χ4n) is 7.49. The maximum absolute atomic E-state index is 13.0. The van der Waals surface area contributed by atoms with Crippen molar-refractivity contribution in [3.8, 4) is 0 Å². The van der Waals surface area contributed by atoms with E-state index in [0.717, 1.165) is 64.2 Å². The number of amides is 1. The summed E-state index contributed by atoms with van der Waals surface area (Å²) in [5, 5.41) is 74.4. The summed E-state index contributed by atoms with van der Waals surface area (Å²) in [5.74, 6) is -0.608. The van der Waals surface area contributed by atoms with Crippen LogP contribution < -0.4 is 5.32 Å². The molecule has 9 N–H and O–H groups in total. The molecule has 0 aromatic carbocycles. The first-order valence-electron chi connectivity index (χ1n) is 24.0. The van der Waals surface area contributed by atoms with E-state index in [1.165, 1.54) is 102 Å². The van der Waals surface area contributed by atoms with Crippen molar-refractivity contribution in [3.05, 3.63) is 36.5 Å². The van der Waals surface area contributed by atoms with Crippen molar-refractivity contribution in [3.63, 3.8) is 0 Å². The van der Waals surface area contributed by atoms with E-state index in [9.17, 15) is 50.0 Å².